The van der Waals surface area contributed by atoms with Crippen LogP contribution in [0.1, 0.15) is 108 Å². The predicted molar refractivity (Wildman–Crippen MR) is 257 cm³/mol. The molecule has 5 amide bonds. The first-order valence-electron chi connectivity index (χ1n) is 23.7. The molecule has 4 aliphatic heterocycles. The Labute approximate surface area is 394 Å². The number of carbonyl (C=O) groups is 5. The summed E-state index contributed by atoms with van der Waals surface area (Å²) in [5.41, 5.74) is 9.34. The monoisotopic (exact) mass is 916 g/mol. The van der Waals surface area contributed by atoms with Crippen LogP contribution in [0, 0.1) is 12.8 Å². The number of benzene rings is 4. The number of anilines is 2. The van der Waals surface area contributed by atoms with Crippen molar-refractivity contribution in [3.8, 4) is 22.4 Å². The average molecular weight is 917 g/mol. The fraction of sp³-hybridized carbons (Fsp3) is 0.385. The molecule has 0 spiro atoms. The van der Waals surface area contributed by atoms with Gasteiger partial charge >= 0.3 is 11.8 Å². The van der Waals surface area contributed by atoms with Crippen LogP contribution in [0.2, 0.25) is 0 Å². The summed E-state index contributed by atoms with van der Waals surface area (Å²) < 4.78 is 5.21. The third-order valence-electron chi connectivity index (χ3n) is 13.9. The highest BCUT2D eigenvalue weighted by Gasteiger charge is 2.45. The number of nitrogens with one attached hydrogen (secondary N) is 4. The number of hydrogen-bond donors (Lipinski definition) is 4. The molecule has 0 saturated carbocycles. The van der Waals surface area contributed by atoms with Gasteiger partial charge in [0.15, 0.2) is 5.82 Å². The number of piperidine rings is 3. The van der Waals surface area contributed by atoms with Gasteiger partial charge in [0.05, 0.1) is 22.3 Å². The van der Waals surface area contributed by atoms with E-state index in [-0.39, 0.29) is 41.3 Å². The van der Waals surface area contributed by atoms with Crippen LogP contribution in [0.3, 0.4) is 0 Å². The fourth-order valence-electron chi connectivity index (χ4n) is 10.1. The van der Waals surface area contributed by atoms with Gasteiger partial charge in [-0.2, -0.15) is 10.1 Å². The topological polar surface area (TPSA) is 199 Å². The number of H-pyrrole nitrogens is 1. The zero-order chi connectivity index (χ0) is 47.3. The van der Waals surface area contributed by atoms with Crippen molar-refractivity contribution in [3.05, 3.63) is 113 Å². The second-order valence-corrected chi connectivity index (χ2v) is 19.8. The number of hydrogen-bond acceptors (Lipinski definition) is 12. The molecule has 6 heterocycles. The number of aromatic amines is 1. The van der Waals surface area contributed by atoms with Gasteiger partial charge in [-0.25, -0.2) is 0 Å². The van der Waals surface area contributed by atoms with E-state index in [1.165, 1.54) is 5.69 Å². The molecule has 0 radical (unpaired) electrons. The smallest absolute Gasteiger partial charge is 0.315 e. The molecular formula is C52H56N10O6. The minimum absolute atomic E-state index is 0.0460. The normalized spacial score (nSPS) is 19.4. The molecule has 16 heteroatoms. The highest BCUT2D eigenvalue weighted by Crippen LogP contribution is 2.34. The van der Waals surface area contributed by atoms with Gasteiger partial charge in [0, 0.05) is 72.9 Å². The number of fused-ring (bicyclic) bond motifs is 2. The summed E-state index contributed by atoms with van der Waals surface area (Å²) >= 11 is 0. The molecule has 0 bridgehead atoms. The number of imide groups is 2. The van der Waals surface area contributed by atoms with Crippen LogP contribution in [-0.2, 0) is 21.5 Å². The lowest BCUT2D eigenvalue weighted by Crippen LogP contribution is -2.54. The third-order valence-corrected chi connectivity index (χ3v) is 13.9. The Balaban J connectivity index is 0.715. The Bertz CT molecular complexity index is 2940. The van der Waals surface area contributed by atoms with Crippen molar-refractivity contribution in [3.63, 3.8) is 0 Å². The first-order chi connectivity index (χ1) is 32.7. The second kappa shape index (κ2) is 18.1. The third kappa shape index (κ3) is 8.99. The van der Waals surface area contributed by atoms with Crippen molar-refractivity contribution in [1.29, 1.82) is 0 Å². The van der Waals surface area contributed by atoms with Crippen molar-refractivity contribution in [2.45, 2.75) is 90.3 Å². The fourth-order valence-corrected chi connectivity index (χ4v) is 10.1. The van der Waals surface area contributed by atoms with Gasteiger partial charge in [0.1, 0.15) is 6.04 Å². The van der Waals surface area contributed by atoms with Crippen LogP contribution in [0.4, 0.5) is 11.4 Å². The van der Waals surface area contributed by atoms with Crippen LogP contribution in [0.15, 0.2) is 83.4 Å². The Morgan fingerprint density at radius 1 is 0.838 bits per heavy atom. The summed E-state index contributed by atoms with van der Waals surface area (Å²) in [6.45, 7) is 13.3. The molecule has 350 valence electrons. The quantitative estimate of drug-likeness (QED) is 0.0972. The molecule has 16 nitrogen and oxygen atoms in total. The summed E-state index contributed by atoms with van der Waals surface area (Å²) in [4.78, 5) is 73.8. The minimum Gasteiger partial charge on any atom is -0.381 e. The van der Waals surface area contributed by atoms with Crippen molar-refractivity contribution in [2.75, 3.05) is 42.9 Å². The van der Waals surface area contributed by atoms with Gasteiger partial charge in [-0.1, -0.05) is 56.3 Å². The zero-order valence-electron chi connectivity index (χ0n) is 38.9. The van der Waals surface area contributed by atoms with Gasteiger partial charge in [-0.15, -0.1) is 0 Å². The average Bonchev–Trinajstić information content (AvgIpc) is 4.06. The van der Waals surface area contributed by atoms with Crippen molar-refractivity contribution >= 4 is 51.8 Å². The molecule has 4 aromatic carbocycles. The van der Waals surface area contributed by atoms with Gasteiger partial charge in [-0.05, 0) is 122 Å². The Hall–Kier alpha value is -7.20. The molecule has 68 heavy (non-hydrogen) atoms. The maximum atomic E-state index is 13.4. The van der Waals surface area contributed by atoms with Crippen molar-refractivity contribution in [1.82, 2.24) is 40.8 Å². The van der Waals surface area contributed by atoms with E-state index in [1.807, 2.05) is 45.9 Å². The molecule has 0 aliphatic carbocycles. The minimum atomic E-state index is -0.978. The van der Waals surface area contributed by atoms with Crippen LogP contribution < -0.4 is 20.9 Å². The molecule has 1 unspecified atom stereocenters. The first-order valence-corrected chi connectivity index (χ1v) is 23.7. The summed E-state index contributed by atoms with van der Waals surface area (Å²) in [6.07, 6.45) is 4.54. The number of amides is 5. The van der Waals surface area contributed by atoms with E-state index >= 15 is 0 Å². The number of aryl methyl sites for hydroxylation is 1. The lowest BCUT2D eigenvalue weighted by Gasteiger charge is -2.39. The number of nitrogens with zero attached hydrogens (tertiary/aromatic N) is 6. The Morgan fingerprint density at radius 3 is 2.35 bits per heavy atom. The number of carbonyl (C=O) groups excluding carboxylic acids is 5. The number of aromatic nitrogens is 4. The standard InChI is InChI=1S/C52H56N10O6/c1-30-24-34(7-8-35(30)27-53-47(65)48-56-51(59-68-48)52(2,3)4)45-41-25-33(11-16-42(41)57-58-45)32-9-13-38(14-10-32)61-22-19-31(20-23-61)28-60-21-5-6-37(29-60)54-36-12-15-39-40(26-36)50(67)62(49(39)66)43-17-18-44(63)55-46(43)64/h7-16,24-26,31,37,43,54H,5-6,17-23,27-29H2,1-4H3,(H,53,65)(H,57,58)(H,55,63,64)/t37-,43?/m1/s1. The predicted octanol–water partition coefficient (Wildman–Crippen LogP) is 7.01. The molecule has 10 rings (SSSR count). The lowest BCUT2D eigenvalue weighted by molar-refractivity contribution is -0.136. The molecule has 2 aromatic heterocycles. The summed E-state index contributed by atoms with van der Waals surface area (Å²) in [5.74, 6) is -1.35. The first kappa shape index (κ1) is 44.6. The molecule has 2 atom stereocenters. The zero-order valence-corrected chi connectivity index (χ0v) is 38.9. The summed E-state index contributed by atoms with van der Waals surface area (Å²) in [5, 5.41) is 21.7. The van der Waals surface area contributed by atoms with E-state index in [1.54, 1.807) is 12.1 Å². The van der Waals surface area contributed by atoms with E-state index < -0.39 is 35.6 Å². The summed E-state index contributed by atoms with van der Waals surface area (Å²) in [7, 11) is 0. The van der Waals surface area contributed by atoms with E-state index in [0.717, 1.165) is 113 Å². The number of likely N-dealkylation sites (tertiary alicyclic amines) is 1. The highest BCUT2D eigenvalue weighted by molar-refractivity contribution is 6.23. The van der Waals surface area contributed by atoms with E-state index in [9.17, 15) is 24.0 Å². The Kier molecular flexibility index (Phi) is 11.9. The molecule has 3 fully saturated rings. The van der Waals surface area contributed by atoms with Gasteiger partial charge in [0.2, 0.25) is 11.8 Å². The van der Waals surface area contributed by atoms with E-state index in [0.29, 0.717) is 18.3 Å². The highest BCUT2D eigenvalue weighted by atomic mass is 16.5. The number of rotatable bonds is 11. The molecule has 4 aliphatic rings. The van der Waals surface area contributed by atoms with Gasteiger partial charge in [-0.3, -0.25) is 39.3 Å². The SMILES string of the molecule is Cc1cc(-c2n[nH]c3ccc(-c4ccc(N5CCC(CN6CCC[C@@H](Nc7ccc8c(c7)C(=O)N(C7CCC(=O)NC7=O)C8=O)C6)CC5)cc4)cc23)ccc1CNC(=O)c1nc(C(C)(C)C)no1. The van der Waals surface area contributed by atoms with E-state index in [2.05, 4.69) is 89.5 Å². The maximum Gasteiger partial charge on any atom is 0.315 e. The summed E-state index contributed by atoms with van der Waals surface area (Å²) in [6, 6.07) is 25.9. The molecule has 6 aromatic rings. The van der Waals surface area contributed by atoms with E-state index in [4.69, 9.17) is 9.62 Å². The molecule has 4 N–H and O–H groups in total. The maximum absolute atomic E-state index is 13.4. The van der Waals surface area contributed by atoms with Crippen molar-refractivity contribution in [2.24, 2.45) is 5.92 Å². The van der Waals surface area contributed by atoms with Crippen LogP contribution in [0.25, 0.3) is 33.3 Å². The van der Waals surface area contributed by atoms with Crippen molar-refractivity contribution < 1.29 is 28.5 Å². The second-order valence-electron chi connectivity index (χ2n) is 19.8. The Morgan fingerprint density at radius 2 is 1.60 bits per heavy atom. The van der Waals surface area contributed by atoms with Gasteiger partial charge < -0.3 is 25.0 Å². The van der Waals surface area contributed by atoms with Gasteiger partial charge in [0.25, 0.3) is 11.8 Å². The largest absolute Gasteiger partial charge is 0.381 e. The molecular weight excluding hydrogens is 861 g/mol. The van der Waals surface area contributed by atoms with Crippen LogP contribution >= 0.6 is 0 Å². The lowest BCUT2D eigenvalue weighted by atomic mass is 9.94. The van der Waals surface area contributed by atoms with Crippen LogP contribution in [0.5, 0.6) is 0 Å². The molecule has 3 saturated heterocycles. The van der Waals surface area contributed by atoms with Crippen LogP contribution in [-0.4, -0.2) is 104 Å².